The van der Waals surface area contributed by atoms with E-state index in [9.17, 15) is 13.5 Å². The minimum Gasteiger partial charge on any atom is -0.388 e. The molecule has 1 atom stereocenters. The number of hydrogen-bond acceptors (Lipinski definition) is 3. The molecule has 3 rings (SSSR count). The van der Waals surface area contributed by atoms with Crippen LogP contribution in [0.2, 0.25) is 0 Å². The van der Waals surface area contributed by atoms with Gasteiger partial charge in [0.05, 0.1) is 10.5 Å². The first-order chi connectivity index (χ1) is 10.9. The topological polar surface area (TPSA) is 66.4 Å². The summed E-state index contributed by atoms with van der Waals surface area (Å²) in [4.78, 5) is 0.195. The largest absolute Gasteiger partial charge is 0.388 e. The van der Waals surface area contributed by atoms with Gasteiger partial charge in [0.2, 0.25) is 10.0 Å². The van der Waals surface area contributed by atoms with Crippen LogP contribution in [0.5, 0.6) is 0 Å². The summed E-state index contributed by atoms with van der Waals surface area (Å²) in [5.74, 6) is 0. The smallest absolute Gasteiger partial charge is 0.240 e. The van der Waals surface area contributed by atoms with E-state index in [-0.39, 0.29) is 11.4 Å². The fourth-order valence-electron chi connectivity index (χ4n) is 2.86. The van der Waals surface area contributed by atoms with Gasteiger partial charge in [0.25, 0.3) is 0 Å². The maximum Gasteiger partial charge on any atom is 0.240 e. The Hall–Kier alpha value is -1.21. The number of halogens is 1. The Bertz CT molecular complexity index is 805. The normalized spacial score (nSPS) is 21.0. The molecule has 1 unspecified atom stereocenters. The molecule has 0 spiro atoms. The first-order valence-corrected chi connectivity index (χ1v) is 9.70. The third-order valence-corrected chi connectivity index (χ3v) is 6.16. The van der Waals surface area contributed by atoms with Crippen molar-refractivity contribution >= 4 is 26.0 Å². The van der Waals surface area contributed by atoms with Gasteiger partial charge < -0.3 is 5.11 Å². The second-order valence-corrected chi connectivity index (χ2v) is 8.63. The number of hydrogen-bond donors (Lipinski definition) is 2. The fraction of sp³-hybridized carbons (Fsp3) is 0.294. The van der Waals surface area contributed by atoms with Gasteiger partial charge in [0.15, 0.2) is 0 Å². The number of aryl methyl sites for hydroxylation is 1. The van der Waals surface area contributed by atoms with Crippen LogP contribution in [-0.2, 0) is 22.9 Å². The van der Waals surface area contributed by atoms with E-state index in [4.69, 9.17) is 0 Å². The summed E-state index contributed by atoms with van der Waals surface area (Å²) >= 11 is 3.28. The molecule has 0 bridgehead atoms. The number of rotatable bonds is 4. The van der Waals surface area contributed by atoms with E-state index in [1.807, 2.05) is 18.2 Å². The summed E-state index contributed by atoms with van der Waals surface area (Å²) in [6.45, 7) is 0.0136. The molecule has 122 valence electrons. The van der Waals surface area contributed by atoms with Crippen LogP contribution in [0, 0.1) is 0 Å². The molecular formula is C17H18BrNO3S. The quantitative estimate of drug-likeness (QED) is 0.835. The molecule has 4 nitrogen and oxygen atoms in total. The van der Waals surface area contributed by atoms with Crippen molar-refractivity contribution in [1.29, 1.82) is 0 Å². The van der Waals surface area contributed by atoms with Crippen LogP contribution in [0.1, 0.15) is 17.5 Å². The molecule has 0 saturated heterocycles. The van der Waals surface area contributed by atoms with Crippen LogP contribution in [0.25, 0.3) is 0 Å². The molecule has 6 heteroatoms. The van der Waals surface area contributed by atoms with Gasteiger partial charge in [-0.25, -0.2) is 13.1 Å². The van der Waals surface area contributed by atoms with Crippen molar-refractivity contribution in [3.05, 3.63) is 64.1 Å². The Labute approximate surface area is 144 Å². The number of fused-ring (bicyclic) bond motifs is 1. The lowest BCUT2D eigenvalue weighted by atomic mass is 9.80. The van der Waals surface area contributed by atoms with E-state index in [2.05, 4.69) is 26.7 Å². The Balaban J connectivity index is 1.71. The Morgan fingerprint density at radius 2 is 1.74 bits per heavy atom. The Morgan fingerprint density at radius 1 is 1.09 bits per heavy atom. The summed E-state index contributed by atoms with van der Waals surface area (Å²) in [6.07, 6.45) is 1.77. The molecule has 1 aliphatic rings. The van der Waals surface area contributed by atoms with Gasteiger partial charge >= 0.3 is 0 Å². The van der Waals surface area contributed by atoms with Gasteiger partial charge in [0.1, 0.15) is 0 Å². The van der Waals surface area contributed by atoms with Crippen LogP contribution in [0.3, 0.4) is 0 Å². The molecule has 1 aliphatic carbocycles. The average molecular weight is 396 g/mol. The Kier molecular flexibility index (Phi) is 4.60. The minimum atomic E-state index is -3.62. The highest BCUT2D eigenvalue weighted by Gasteiger charge is 2.33. The van der Waals surface area contributed by atoms with E-state index in [1.165, 1.54) is 17.7 Å². The van der Waals surface area contributed by atoms with Crippen molar-refractivity contribution in [2.45, 2.75) is 29.8 Å². The number of aliphatic hydroxyl groups is 1. The molecule has 23 heavy (non-hydrogen) atoms. The summed E-state index contributed by atoms with van der Waals surface area (Å²) < 4.78 is 28.0. The zero-order valence-corrected chi connectivity index (χ0v) is 14.9. The van der Waals surface area contributed by atoms with E-state index in [1.54, 1.807) is 12.1 Å². The van der Waals surface area contributed by atoms with Crippen molar-refractivity contribution in [3.8, 4) is 0 Å². The number of sulfonamides is 1. The molecule has 0 aliphatic heterocycles. The number of nitrogens with one attached hydrogen (secondary N) is 1. The van der Waals surface area contributed by atoms with Crippen molar-refractivity contribution in [2.75, 3.05) is 6.54 Å². The van der Waals surface area contributed by atoms with E-state index in [0.717, 1.165) is 16.5 Å². The zero-order valence-electron chi connectivity index (χ0n) is 12.5. The van der Waals surface area contributed by atoms with Crippen molar-refractivity contribution < 1.29 is 13.5 Å². The highest BCUT2D eigenvalue weighted by Crippen LogP contribution is 2.28. The van der Waals surface area contributed by atoms with E-state index in [0.29, 0.717) is 12.8 Å². The summed E-state index contributed by atoms with van der Waals surface area (Å²) in [6, 6.07) is 14.4. The zero-order chi connectivity index (χ0) is 16.5. The summed E-state index contributed by atoms with van der Waals surface area (Å²) in [5, 5.41) is 10.7. The minimum absolute atomic E-state index is 0.0136. The van der Waals surface area contributed by atoms with Crippen molar-refractivity contribution in [2.24, 2.45) is 0 Å². The molecule has 2 aromatic carbocycles. The molecule has 0 amide bonds. The first kappa shape index (κ1) is 16.6. The van der Waals surface area contributed by atoms with Gasteiger partial charge in [-0.15, -0.1) is 0 Å². The van der Waals surface area contributed by atoms with Crippen LogP contribution in [0.15, 0.2) is 57.9 Å². The molecule has 0 saturated carbocycles. The molecule has 0 fully saturated rings. The average Bonchev–Trinajstić information content (AvgIpc) is 2.54. The number of benzene rings is 2. The van der Waals surface area contributed by atoms with Crippen LogP contribution in [-0.4, -0.2) is 25.7 Å². The fourth-order valence-corrected chi connectivity index (χ4v) is 4.25. The summed E-state index contributed by atoms with van der Waals surface area (Å²) in [5.41, 5.74) is 1.27. The third kappa shape index (κ3) is 3.83. The van der Waals surface area contributed by atoms with Gasteiger partial charge in [-0.05, 0) is 48.2 Å². The molecule has 0 heterocycles. The molecule has 2 N–H and O–H groups in total. The molecule has 2 aromatic rings. The van der Waals surface area contributed by atoms with Crippen molar-refractivity contribution in [1.82, 2.24) is 4.72 Å². The van der Waals surface area contributed by atoms with Crippen LogP contribution < -0.4 is 4.72 Å². The Morgan fingerprint density at radius 3 is 2.43 bits per heavy atom. The molecular weight excluding hydrogens is 378 g/mol. The van der Waals surface area contributed by atoms with Gasteiger partial charge in [-0.1, -0.05) is 40.2 Å². The van der Waals surface area contributed by atoms with Gasteiger partial charge in [-0.2, -0.15) is 0 Å². The van der Waals surface area contributed by atoms with Crippen molar-refractivity contribution in [3.63, 3.8) is 0 Å². The SMILES string of the molecule is O=S(=O)(NCC1(O)CCc2ccccc2C1)c1ccc(Br)cc1. The van der Waals surface area contributed by atoms with E-state index >= 15 is 0 Å². The maximum absolute atomic E-state index is 12.3. The second kappa shape index (κ2) is 6.36. The van der Waals surface area contributed by atoms with Gasteiger partial charge in [-0.3, -0.25) is 0 Å². The van der Waals surface area contributed by atoms with Crippen LogP contribution in [0.4, 0.5) is 0 Å². The predicted octanol–water partition coefficient (Wildman–Crippen LogP) is 2.65. The first-order valence-electron chi connectivity index (χ1n) is 7.42. The van der Waals surface area contributed by atoms with Gasteiger partial charge in [0, 0.05) is 17.4 Å². The second-order valence-electron chi connectivity index (χ2n) is 5.95. The summed E-state index contributed by atoms with van der Waals surface area (Å²) in [7, 11) is -3.62. The maximum atomic E-state index is 12.3. The lowest BCUT2D eigenvalue weighted by Gasteiger charge is -2.33. The third-order valence-electron chi connectivity index (χ3n) is 4.21. The molecule has 0 aromatic heterocycles. The lowest BCUT2D eigenvalue weighted by Crippen LogP contribution is -2.46. The highest BCUT2D eigenvalue weighted by molar-refractivity contribution is 9.10. The van der Waals surface area contributed by atoms with E-state index < -0.39 is 15.6 Å². The lowest BCUT2D eigenvalue weighted by molar-refractivity contribution is 0.0317. The van der Waals surface area contributed by atoms with Crippen LogP contribution >= 0.6 is 15.9 Å². The monoisotopic (exact) mass is 395 g/mol. The predicted molar refractivity (Wildman–Crippen MR) is 92.7 cm³/mol. The molecule has 0 radical (unpaired) electrons. The standard InChI is InChI=1S/C17H18BrNO3S/c18-15-5-7-16(8-6-15)23(21,22)19-12-17(20)10-9-13-3-1-2-4-14(13)11-17/h1-8,19-20H,9-12H2. The highest BCUT2D eigenvalue weighted by atomic mass is 79.9.